The molecule has 2 heterocycles. The van der Waals surface area contributed by atoms with Gasteiger partial charge < -0.3 is 15.0 Å². The first-order valence-electron chi connectivity index (χ1n) is 9.69. The zero-order valence-electron chi connectivity index (χ0n) is 16.7. The largest absolute Gasteiger partial charge is 0.384 e. The third-order valence-corrected chi connectivity index (χ3v) is 6.56. The van der Waals surface area contributed by atoms with E-state index in [1.54, 1.807) is 13.3 Å². The molecule has 0 aliphatic heterocycles. The third kappa shape index (κ3) is 5.90. The summed E-state index contributed by atoms with van der Waals surface area (Å²) in [6.45, 7) is 5.39. The lowest BCUT2D eigenvalue weighted by molar-refractivity contribution is 0.199. The Kier molecular flexibility index (Phi) is 8.04. The normalized spacial score (nSPS) is 12.1. The number of ether oxygens (including phenoxy) is 1. The zero-order chi connectivity index (χ0) is 19.9. The molecule has 0 aliphatic rings. The van der Waals surface area contributed by atoms with E-state index in [0.29, 0.717) is 31.0 Å². The van der Waals surface area contributed by atoms with Gasteiger partial charge in [-0.1, -0.05) is 19.8 Å². The maximum atomic E-state index is 12.0. The van der Waals surface area contributed by atoms with E-state index in [1.165, 1.54) is 0 Å². The summed E-state index contributed by atoms with van der Waals surface area (Å²) < 4.78 is 31.3. The molecule has 7 nitrogen and oxygen atoms in total. The van der Waals surface area contributed by atoms with Crippen LogP contribution in [0, 0.1) is 6.92 Å². The van der Waals surface area contributed by atoms with Gasteiger partial charge in [0, 0.05) is 26.3 Å². The molecule has 0 radical (unpaired) electrons. The Morgan fingerprint density at radius 1 is 1.19 bits per heavy atom. The van der Waals surface area contributed by atoms with Gasteiger partial charge in [0.2, 0.25) is 0 Å². The van der Waals surface area contributed by atoms with Crippen LogP contribution >= 0.6 is 0 Å². The molecule has 0 bridgehead atoms. The van der Waals surface area contributed by atoms with Gasteiger partial charge in [0.25, 0.3) is 0 Å². The molecule has 0 aromatic carbocycles. The number of sulfone groups is 1. The van der Waals surface area contributed by atoms with Gasteiger partial charge in [-0.3, -0.25) is 0 Å². The van der Waals surface area contributed by atoms with Gasteiger partial charge in [0.1, 0.15) is 21.2 Å². The zero-order valence-corrected chi connectivity index (χ0v) is 17.5. The van der Waals surface area contributed by atoms with Gasteiger partial charge in [-0.25, -0.2) is 18.4 Å². The predicted octanol–water partition coefficient (Wildman–Crippen LogP) is 2.90. The van der Waals surface area contributed by atoms with Crippen molar-refractivity contribution in [2.45, 2.75) is 58.9 Å². The number of anilines is 1. The first-order valence-corrected chi connectivity index (χ1v) is 11.5. The smallest absolute Gasteiger partial charge is 0.151 e. The number of imidazole rings is 1. The van der Waals surface area contributed by atoms with Crippen molar-refractivity contribution < 1.29 is 13.2 Å². The predicted molar refractivity (Wildman–Crippen MR) is 110 cm³/mol. The van der Waals surface area contributed by atoms with Gasteiger partial charge in [-0.15, -0.1) is 0 Å². The summed E-state index contributed by atoms with van der Waals surface area (Å²) in [7, 11) is -1.23. The summed E-state index contributed by atoms with van der Waals surface area (Å²) in [4.78, 5) is 8.89. The van der Waals surface area contributed by atoms with Crippen molar-refractivity contribution in [2.24, 2.45) is 0 Å². The average Bonchev–Trinajstić information content (AvgIpc) is 3.01. The lowest BCUT2D eigenvalue weighted by Crippen LogP contribution is -2.11. The first-order chi connectivity index (χ1) is 12.9. The highest BCUT2D eigenvalue weighted by molar-refractivity contribution is 7.91. The minimum atomic E-state index is -2.91. The highest BCUT2D eigenvalue weighted by Crippen LogP contribution is 2.24. The van der Waals surface area contributed by atoms with E-state index in [2.05, 4.69) is 14.5 Å². The summed E-state index contributed by atoms with van der Waals surface area (Å²) in [5.41, 5.74) is 8.81. The Hall–Kier alpha value is -1.67. The quantitative estimate of drug-likeness (QED) is 0.554. The Labute approximate surface area is 162 Å². The number of nitrogens with two attached hydrogens (primary N) is 1. The minimum Gasteiger partial charge on any atom is -0.384 e. The molecule has 2 aromatic heterocycles. The van der Waals surface area contributed by atoms with Crippen LogP contribution in [0.25, 0.3) is 11.0 Å². The van der Waals surface area contributed by atoms with Gasteiger partial charge in [-0.05, 0) is 31.7 Å². The van der Waals surface area contributed by atoms with E-state index in [4.69, 9.17) is 10.5 Å². The Morgan fingerprint density at radius 3 is 2.63 bits per heavy atom. The third-order valence-electron chi connectivity index (χ3n) is 4.74. The lowest BCUT2D eigenvalue weighted by Gasteiger charge is -2.11. The Bertz CT molecular complexity index is 846. The van der Waals surface area contributed by atoms with Gasteiger partial charge in [-0.2, -0.15) is 0 Å². The average molecular weight is 397 g/mol. The van der Waals surface area contributed by atoms with Crippen molar-refractivity contribution in [3.8, 4) is 0 Å². The number of aromatic nitrogens is 3. The second-order valence-corrected chi connectivity index (χ2v) is 9.32. The van der Waals surface area contributed by atoms with Crippen molar-refractivity contribution in [1.82, 2.24) is 14.5 Å². The molecule has 152 valence electrons. The molecule has 2 aromatic rings. The summed E-state index contributed by atoms with van der Waals surface area (Å²) in [6, 6.07) is 0. The molecule has 0 unspecified atom stereocenters. The highest BCUT2D eigenvalue weighted by atomic mass is 32.2. The fourth-order valence-electron chi connectivity index (χ4n) is 3.23. The molecule has 0 atom stereocenters. The van der Waals surface area contributed by atoms with Gasteiger partial charge in [0.15, 0.2) is 5.82 Å². The number of rotatable bonds is 12. The van der Waals surface area contributed by atoms with Crippen molar-refractivity contribution in [3.05, 3.63) is 17.6 Å². The molecule has 27 heavy (non-hydrogen) atoms. The molecule has 0 saturated carbocycles. The maximum Gasteiger partial charge on any atom is 0.151 e. The number of unbranched alkanes of at least 4 members (excludes halogenated alkanes) is 3. The minimum absolute atomic E-state index is 0.282. The van der Waals surface area contributed by atoms with Crippen molar-refractivity contribution >= 4 is 26.7 Å². The summed E-state index contributed by atoms with van der Waals surface area (Å²) in [5.74, 6) is 1.96. The number of nitrogen functional groups attached to an aromatic ring is 1. The second kappa shape index (κ2) is 10.0. The molecule has 2 N–H and O–H groups in total. The van der Waals surface area contributed by atoms with Crippen molar-refractivity contribution in [3.63, 3.8) is 0 Å². The van der Waals surface area contributed by atoms with Crippen LogP contribution in [0.1, 0.15) is 50.4 Å². The van der Waals surface area contributed by atoms with E-state index in [9.17, 15) is 8.42 Å². The molecule has 0 amide bonds. The monoisotopic (exact) mass is 396 g/mol. The van der Waals surface area contributed by atoms with E-state index >= 15 is 0 Å². The number of nitrogens with zero attached hydrogens (tertiary/aromatic N) is 3. The summed E-state index contributed by atoms with van der Waals surface area (Å²) >= 11 is 0. The molecule has 0 aliphatic carbocycles. The van der Waals surface area contributed by atoms with Crippen LogP contribution in [0.2, 0.25) is 0 Å². The molecule has 0 spiro atoms. The SMILES string of the molecule is CCCCS(=O)(=O)CCCCCn1c(CCOC)nc2c(N)ncc(C)c21. The Morgan fingerprint density at radius 2 is 1.93 bits per heavy atom. The number of pyridine rings is 1. The molecule has 0 fully saturated rings. The number of methoxy groups -OCH3 is 1. The lowest BCUT2D eigenvalue weighted by atomic mass is 10.2. The number of fused-ring (bicyclic) bond motifs is 1. The number of hydrogen-bond donors (Lipinski definition) is 1. The van der Waals surface area contributed by atoms with Crippen LogP contribution in [0.5, 0.6) is 0 Å². The van der Waals surface area contributed by atoms with Gasteiger partial charge in [0.05, 0.1) is 23.6 Å². The standard InChI is InChI=1S/C19H32N4O3S/c1-4-5-12-27(24,25)13-8-6-7-10-23-16(9-11-26-3)22-17-18(23)15(2)14-21-19(17)20/h14H,4-13H2,1-3H3,(H2,20,21). The van der Waals surface area contributed by atoms with E-state index < -0.39 is 9.84 Å². The van der Waals surface area contributed by atoms with Gasteiger partial charge >= 0.3 is 0 Å². The number of hydrogen-bond acceptors (Lipinski definition) is 6. The summed E-state index contributed by atoms with van der Waals surface area (Å²) in [6.07, 6.45) is 6.61. The van der Waals surface area contributed by atoms with Crippen LogP contribution < -0.4 is 5.73 Å². The van der Waals surface area contributed by atoms with Crippen LogP contribution in [0.3, 0.4) is 0 Å². The molecular formula is C19H32N4O3S. The van der Waals surface area contributed by atoms with Crippen LogP contribution in [0.15, 0.2) is 6.20 Å². The van der Waals surface area contributed by atoms with E-state index in [-0.39, 0.29) is 5.75 Å². The van der Waals surface area contributed by atoms with E-state index in [0.717, 1.165) is 54.6 Å². The highest BCUT2D eigenvalue weighted by Gasteiger charge is 2.16. The Balaban J connectivity index is 2.03. The second-order valence-electron chi connectivity index (χ2n) is 7.01. The summed E-state index contributed by atoms with van der Waals surface area (Å²) in [5, 5.41) is 0. The van der Waals surface area contributed by atoms with Crippen molar-refractivity contribution in [1.29, 1.82) is 0 Å². The molecule has 2 rings (SSSR count). The molecular weight excluding hydrogens is 364 g/mol. The maximum absolute atomic E-state index is 12.0. The first kappa shape index (κ1) is 21.6. The van der Waals surface area contributed by atoms with Crippen LogP contribution in [-0.2, 0) is 27.5 Å². The topological polar surface area (TPSA) is 100 Å². The fourth-order valence-corrected chi connectivity index (χ4v) is 4.80. The van der Waals surface area contributed by atoms with Crippen LogP contribution in [0.4, 0.5) is 5.82 Å². The molecule has 8 heteroatoms. The van der Waals surface area contributed by atoms with E-state index in [1.807, 2.05) is 13.8 Å². The number of aryl methyl sites for hydroxylation is 2. The van der Waals surface area contributed by atoms with Crippen molar-refractivity contribution in [2.75, 3.05) is 31.0 Å². The molecule has 0 saturated heterocycles. The van der Waals surface area contributed by atoms with Crippen LogP contribution in [-0.4, -0.2) is 48.2 Å². The fraction of sp³-hybridized carbons (Fsp3) is 0.684.